The van der Waals surface area contributed by atoms with Gasteiger partial charge in [0.1, 0.15) is 12.1 Å². The molecule has 0 saturated carbocycles. The zero-order valence-electron chi connectivity index (χ0n) is 11.7. The molecular formula is C15H18N4O. The van der Waals surface area contributed by atoms with Gasteiger partial charge in [-0.3, -0.25) is 4.79 Å². The highest BCUT2D eigenvalue weighted by Gasteiger charge is 2.03. The number of carbonyl (C=O) groups is 1. The quantitative estimate of drug-likeness (QED) is 0.815. The number of aryl methyl sites for hydroxylation is 2. The van der Waals surface area contributed by atoms with E-state index in [0.29, 0.717) is 18.7 Å². The van der Waals surface area contributed by atoms with Crippen molar-refractivity contribution in [1.82, 2.24) is 15.3 Å². The SMILES string of the molecule is Cc1ccc(C(=O)NCCNc2cc(C)ncn2)cc1. The van der Waals surface area contributed by atoms with Crippen LogP contribution in [0.15, 0.2) is 36.7 Å². The number of nitrogens with zero attached hydrogens (tertiary/aromatic N) is 2. The predicted octanol–water partition coefficient (Wildman–Crippen LogP) is 1.94. The number of hydrogen-bond acceptors (Lipinski definition) is 4. The molecule has 0 saturated heterocycles. The zero-order chi connectivity index (χ0) is 14.4. The Balaban J connectivity index is 1.76. The molecule has 0 spiro atoms. The van der Waals surface area contributed by atoms with Crippen molar-refractivity contribution >= 4 is 11.7 Å². The van der Waals surface area contributed by atoms with Crippen LogP contribution in [-0.2, 0) is 0 Å². The van der Waals surface area contributed by atoms with Crippen LogP contribution >= 0.6 is 0 Å². The van der Waals surface area contributed by atoms with E-state index in [9.17, 15) is 4.79 Å². The van der Waals surface area contributed by atoms with E-state index < -0.39 is 0 Å². The summed E-state index contributed by atoms with van der Waals surface area (Å²) in [5.74, 6) is 0.702. The Hall–Kier alpha value is -2.43. The summed E-state index contributed by atoms with van der Waals surface area (Å²) in [5.41, 5.74) is 2.72. The Kier molecular flexibility index (Phi) is 4.65. The van der Waals surface area contributed by atoms with Crippen molar-refractivity contribution in [3.8, 4) is 0 Å². The first-order valence-electron chi connectivity index (χ1n) is 6.52. The highest BCUT2D eigenvalue weighted by atomic mass is 16.1. The van der Waals surface area contributed by atoms with Crippen molar-refractivity contribution in [3.05, 3.63) is 53.5 Å². The van der Waals surface area contributed by atoms with E-state index in [4.69, 9.17) is 0 Å². The Labute approximate surface area is 118 Å². The fraction of sp³-hybridized carbons (Fsp3) is 0.267. The van der Waals surface area contributed by atoms with Crippen LogP contribution < -0.4 is 10.6 Å². The molecule has 20 heavy (non-hydrogen) atoms. The Morgan fingerprint density at radius 2 is 1.85 bits per heavy atom. The first-order chi connectivity index (χ1) is 9.65. The third-order valence-electron chi connectivity index (χ3n) is 2.83. The molecule has 0 aliphatic rings. The van der Waals surface area contributed by atoms with Crippen molar-refractivity contribution in [1.29, 1.82) is 0 Å². The Morgan fingerprint density at radius 3 is 2.55 bits per heavy atom. The molecule has 0 bridgehead atoms. The van der Waals surface area contributed by atoms with Gasteiger partial charge in [0.15, 0.2) is 0 Å². The number of carbonyl (C=O) groups excluding carboxylic acids is 1. The van der Waals surface area contributed by atoms with Gasteiger partial charge < -0.3 is 10.6 Å². The molecule has 2 aromatic rings. The molecule has 5 heteroatoms. The molecule has 2 rings (SSSR count). The van der Waals surface area contributed by atoms with Crippen molar-refractivity contribution in [3.63, 3.8) is 0 Å². The van der Waals surface area contributed by atoms with Crippen LogP contribution in [0.5, 0.6) is 0 Å². The molecule has 1 aromatic heterocycles. The van der Waals surface area contributed by atoms with E-state index in [0.717, 1.165) is 17.1 Å². The highest BCUT2D eigenvalue weighted by molar-refractivity contribution is 5.94. The number of aromatic nitrogens is 2. The van der Waals surface area contributed by atoms with E-state index in [-0.39, 0.29) is 5.91 Å². The number of anilines is 1. The molecular weight excluding hydrogens is 252 g/mol. The Bertz CT molecular complexity index is 581. The first-order valence-corrected chi connectivity index (χ1v) is 6.52. The lowest BCUT2D eigenvalue weighted by Gasteiger charge is -2.07. The fourth-order valence-corrected chi connectivity index (χ4v) is 1.72. The topological polar surface area (TPSA) is 66.9 Å². The van der Waals surface area contributed by atoms with Crippen LogP contribution in [-0.4, -0.2) is 29.0 Å². The van der Waals surface area contributed by atoms with Gasteiger partial charge in [-0.1, -0.05) is 17.7 Å². The monoisotopic (exact) mass is 270 g/mol. The summed E-state index contributed by atoms with van der Waals surface area (Å²) in [6.45, 7) is 5.06. The lowest BCUT2D eigenvalue weighted by molar-refractivity contribution is 0.0955. The van der Waals surface area contributed by atoms with Gasteiger partial charge in [0.2, 0.25) is 0 Å². The van der Waals surface area contributed by atoms with Gasteiger partial charge in [0.05, 0.1) is 0 Å². The van der Waals surface area contributed by atoms with Gasteiger partial charge in [-0.2, -0.15) is 0 Å². The number of nitrogens with one attached hydrogen (secondary N) is 2. The van der Waals surface area contributed by atoms with Crippen LogP contribution in [0, 0.1) is 13.8 Å². The molecule has 0 aliphatic carbocycles. The van der Waals surface area contributed by atoms with Gasteiger partial charge in [-0.15, -0.1) is 0 Å². The van der Waals surface area contributed by atoms with Crippen LogP contribution in [0.3, 0.4) is 0 Å². The molecule has 1 heterocycles. The summed E-state index contributed by atoms with van der Waals surface area (Å²) in [5, 5.41) is 5.99. The van der Waals surface area contributed by atoms with E-state index in [2.05, 4.69) is 20.6 Å². The lowest BCUT2D eigenvalue weighted by Crippen LogP contribution is -2.28. The molecule has 0 unspecified atom stereocenters. The van der Waals surface area contributed by atoms with Crippen LogP contribution in [0.2, 0.25) is 0 Å². The standard InChI is InChI=1S/C15H18N4O/c1-11-3-5-13(6-4-11)15(20)17-8-7-16-14-9-12(2)18-10-19-14/h3-6,9-10H,7-8H2,1-2H3,(H,17,20)(H,16,18,19). The number of benzene rings is 1. The van der Waals surface area contributed by atoms with E-state index in [1.807, 2.05) is 44.2 Å². The van der Waals surface area contributed by atoms with E-state index in [1.165, 1.54) is 6.33 Å². The molecule has 0 atom stereocenters. The minimum Gasteiger partial charge on any atom is -0.368 e. The second-order valence-electron chi connectivity index (χ2n) is 4.59. The third kappa shape index (κ3) is 4.05. The predicted molar refractivity (Wildman–Crippen MR) is 78.8 cm³/mol. The first kappa shape index (κ1) is 14.0. The maximum absolute atomic E-state index is 11.9. The van der Waals surface area contributed by atoms with E-state index >= 15 is 0 Å². The Morgan fingerprint density at radius 1 is 1.10 bits per heavy atom. The summed E-state index contributed by atoms with van der Waals surface area (Å²) in [6.07, 6.45) is 1.52. The fourth-order valence-electron chi connectivity index (χ4n) is 1.72. The van der Waals surface area contributed by atoms with Gasteiger partial charge in [0, 0.05) is 30.4 Å². The zero-order valence-corrected chi connectivity index (χ0v) is 11.7. The largest absolute Gasteiger partial charge is 0.368 e. The van der Waals surface area contributed by atoms with Gasteiger partial charge >= 0.3 is 0 Å². The minimum atomic E-state index is -0.0642. The maximum atomic E-state index is 11.9. The number of amides is 1. The minimum absolute atomic E-state index is 0.0642. The third-order valence-corrected chi connectivity index (χ3v) is 2.83. The van der Waals surface area contributed by atoms with Crippen molar-refractivity contribution in [2.75, 3.05) is 18.4 Å². The summed E-state index contributed by atoms with van der Waals surface area (Å²) in [4.78, 5) is 20.0. The van der Waals surface area contributed by atoms with Crippen molar-refractivity contribution in [2.45, 2.75) is 13.8 Å². The van der Waals surface area contributed by atoms with Crippen molar-refractivity contribution in [2.24, 2.45) is 0 Å². The van der Waals surface area contributed by atoms with Gasteiger partial charge in [-0.25, -0.2) is 9.97 Å². The van der Waals surface area contributed by atoms with Gasteiger partial charge in [-0.05, 0) is 26.0 Å². The summed E-state index contributed by atoms with van der Waals surface area (Å²) in [6, 6.07) is 9.37. The molecule has 2 N–H and O–H groups in total. The number of hydrogen-bond donors (Lipinski definition) is 2. The highest BCUT2D eigenvalue weighted by Crippen LogP contribution is 2.03. The second kappa shape index (κ2) is 6.65. The molecule has 1 aromatic carbocycles. The smallest absolute Gasteiger partial charge is 0.251 e. The average Bonchev–Trinajstić information content (AvgIpc) is 2.44. The van der Waals surface area contributed by atoms with Crippen LogP contribution in [0.1, 0.15) is 21.6 Å². The summed E-state index contributed by atoms with van der Waals surface area (Å²) >= 11 is 0. The lowest BCUT2D eigenvalue weighted by atomic mass is 10.1. The molecule has 1 amide bonds. The summed E-state index contributed by atoms with van der Waals surface area (Å²) in [7, 11) is 0. The second-order valence-corrected chi connectivity index (χ2v) is 4.59. The van der Waals surface area contributed by atoms with Gasteiger partial charge in [0.25, 0.3) is 5.91 Å². The summed E-state index contributed by atoms with van der Waals surface area (Å²) < 4.78 is 0. The molecule has 0 aliphatic heterocycles. The average molecular weight is 270 g/mol. The van der Waals surface area contributed by atoms with E-state index in [1.54, 1.807) is 0 Å². The van der Waals surface area contributed by atoms with Crippen molar-refractivity contribution < 1.29 is 4.79 Å². The maximum Gasteiger partial charge on any atom is 0.251 e. The molecule has 0 radical (unpaired) electrons. The molecule has 0 fully saturated rings. The molecule has 104 valence electrons. The van der Waals surface area contributed by atoms with Crippen LogP contribution in [0.4, 0.5) is 5.82 Å². The molecule has 5 nitrogen and oxygen atoms in total. The number of rotatable bonds is 5. The van der Waals surface area contributed by atoms with Crippen LogP contribution in [0.25, 0.3) is 0 Å². The normalized spacial score (nSPS) is 10.1.